The summed E-state index contributed by atoms with van der Waals surface area (Å²) in [6.45, 7) is 2.90. The zero-order chi connectivity index (χ0) is 21.2. The third-order valence-electron chi connectivity index (χ3n) is 2.64. The molecule has 1 aromatic carbocycles. The highest BCUT2D eigenvalue weighted by molar-refractivity contribution is 14.1. The van der Waals surface area contributed by atoms with Gasteiger partial charge in [0.1, 0.15) is 5.60 Å². The van der Waals surface area contributed by atoms with Gasteiger partial charge in [-0.25, -0.2) is 18.0 Å². The normalized spacial score (nSPS) is 12.4. The Morgan fingerprint density at radius 3 is 2.26 bits per heavy atom. The summed E-state index contributed by atoms with van der Waals surface area (Å²) in [6, 6.07) is 2.82. The topological polar surface area (TPSA) is 122 Å². The minimum Gasteiger partial charge on any atom is -0.743 e. The zero-order valence-electron chi connectivity index (χ0n) is 14.1. The molecule has 0 aliphatic heterocycles. The summed E-state index contributed by atoms with van der Waals surface area (Å²) in [6.07, 6.45) is -0.900. The monoisotopic (exact) mass is 632 g/mol. The molecular formula is C14H14F2I2NO7S-. The van der Waals surface area contributed by atoms with Gasteiger partial charge in [-0.2, -0.15) is 8.78 Å². The fourth-order valence-electron chi connectivity index (χ4n) is 1.57. The molecule has 0 fully saturated rings. The number of nitrogens with one attached hydrogen (secondary N) is 1. The Hall–Kier alpha value is -0.810. The van der Waals surface area contributed by atoms with Crippen LogP contribution in [0, 0.1) is 7.14 Å². The van der Waals surface area contributed by atoms with Crippen molar-refractivity contribution in [3.05, 3.63) is 24.8 Å². The molecule has 1 N–H and O–H groups in total. The average molecular weight is 632 g/mol. The van der Waals surface area contributed by atoms with Crippen LogP contribution in [0.25, 0.3) is 0 Å². The summed E-state index contributed by atoms with van der Waals surface area (Å²) < 4.78 is 68.1. The average Bonchev–Trinajstić information content (AvgIpc) is 2.44. The highest BCUT2D eigenvalue weighted by Crippen LogP contribution is 2.28. The molecule has 13 heteroatoms. The Labute approximate surface area is 181 Å². The van der Waals surface area contributed by atoms with Crippen molar-refractivity contribution >= 4 is 73.0 Å². The first-order valence-electron chi connectivity index (χ1n) is 7.03. The summed E-state index contributed by atoms with van der Waals surface area (Å²) in [5.74, 6) is -1.35. The van der Waals surface area contributed by atoms with Crippen LogP contribution in [-0.2, 0) is 19.6 Å². The van der Waals surface area contributed by atoms with Gasteiger partial charge in [-0.15, -0.1) is 0 Å². The van der Waals surface area contributed by atoms with Gasteiger partial charge in [-0.3, -0.25) is 5.32 Å². The van der Waals surface area contributed by atoms with Gasteiger partial charge in [0.05, 0.1) is 11.3 Å². The van der Waals surface area contributed by atoms with Gasteiger partial charge in [-0.1, -0.05) is 0 Å². The molecule has 0 saturated heterocycles. The number of carbonyl (C=O) groups excluding carboxylic acids is 2. The molecule has 1 aromatic rings. The van der Waals surface area contributed by atoms with Crippen molar-refractivity contribution in [2.75, 3.05) is 11.9 Å². The summed E-state index contributed by atoms with van der Waals surface area (Å²) >= 11 is 3.64. The quantitative estimate of drug-likeness (QED) is 0.300. The number of esters is 1. The first-order valence-corrected chi connectivity index (χ1v) is 10.6. The molecule has 0 atom stereocenters. The highest BCUT2D eigenvalue weighted by Gasteiger charge is 2.39. The van der Waals surface area contributed by atoms with E-state index in [1.165, 1.54) is 6.07 Å². The molecule has 0 spiro atoms. The van der Waals surface area contributed by atoms with Gasteiger partial charge in [0, 0.05) is 7.14 Å². The molecule has 27 heavy (non-hydrogen) atoms. The number of ether oxygens (including phenoxy) is 2. The number of benzene rings is 1. The standard InChI is InChI=1S/C14H15F2I2NO7S/c1-13(2,3)26-12(21)19-10-8(4-7(17)5-9(10)18)11(20)25-6-14(15,16)27(22,23)24/h4-5H,6H2,1-3H3,(H,19,21)(H,22,23,24)/p-1. The van der Waals surface area contributed by atoms with Crippen molar-refractivity contribution in [2.24, 2.45) is 0 Å². The van der Waals surface area contributed by atoms with Gasteiger partial charge in [-0.05, 0) is 78.1 Å². The van der Waals surface area contributed by atoms with Crippen molar-refractivity contribution in [2.45, 2.75) is 31.6 Å². The first kappa shape index (κ1) is 24.2. The lowest BCUT2D eigenvalue weighted by atomic mass is 10.2. The van der Waals surface area contributed by atoms with E-state index in [2.05, 4.69) is 10.1 Å². The lowest BCUT2D eigenvalue weighted by Gasteiger charge is -2.22. The minimum absolute atomic E-state index is 0.0661. The van der Waals surface area contributed by atoms with E-state index in [1.54, 1.807) is 49.4 Å². The SMILES string of the molecule is CC(C)(C)OC(=O)Nc1c(I)cc(I)cc1C(=O)OCC(F)(F)S(=O)(=O)[O-]. The van der Waals surface area contributed by atoms with Crippen molar-refractivity contribution in [1.29, 1.82) is 0 Å². The largest absolute Gasteiger partial charge is 0.743 e. The van der Waals surface area contributed by atoms with E-state index in [1.807, 2.05) is 22.6 Å². The third-order valence-corrected chi connectivity index (χ3v) is 4.96. The first-order chi connectivity index (χ1) is 12.0. The Morgan fingerprint density at radius 2 is 1.78 bits per heavy atom. The van der Waals surface area contributed by atoms with Crippen molar-refractivity contribution in [3.8, 4) is 0 Å². The van der Waals surface area contributed by atoms with E-state index < -0.39 is 39.6 Å². The molecular weight excluding hydrogens is 618 g/mol. The molecule has 0 aromatic heterocycles. The second-order valence-corrected chi connectivity index (χ2v) is 10.0. The number of carbonyl (C=O) groups is 2. The molecule has 0 radical (unpaired) electrons. The molecule has 0 aliphatic rings. The van der Waals surface area contributed by atoms with E-state index in [0.29, 0.717) is 7.14 Å². The number of alkyl halides is 2. The minimum atomic E-state index is -6.00. The molecule has 0 aliphatic carbocycles. The Bertz CT molecular complexity index is 854. The van der Waals surface area contributed by atoms with Crippen molar-refractivity contribution in [3.63, 3.8) is 0 Å². The summed E-state index contributed by atoms with van der Waals surface area (Å²) in [7, 11) is -6.00. The molecule has 0 heterocycles. The predicted octanol–water partition coefficient (Wildman–Crippen LogP) is 3.54. The second kappa shape index (κ2) is 8.69. The summed E-state index contributed by atoms with van der Waals surface area (Å²) in [5.41, 5.74) is -1.20. The molecule has 0 unspecified atom stereocenters. The third kappa shape index (κ3) is 7.26. The highest BCUT2D eigenvalue weighted by atomic mass is 127. The smallest absolute Gasteiger partial charge is 0.412 e. The van der Waals surface area contributed by atoms with Crippen LogP contribution < -0.4 is 5.32 Å². The van der Waals surface area contributed by atoms with Crippen LogP contribution in [0.4, 0.5) is 19.3 Å². The zero-order valence-corrected chi connectivity index (χ0v) is 19.3. The molecule has 152 valence electrons. The van der Waals surface area contributed by atoms with E-state index in [4.69, 9.17) is 4.74 Å². The lowest BCUT2D eigenvalue weighted by Crippen LogP contribution is -2.35. The maximum atomic E-state index is 13.2. The molecule has 0 saturated carbocycles. The fourth-order valence-corrected chi connectivity index (χ4v) is 3.75. The van der Waals surface area contributed by atoms with Crippen LogP contribution in [0.1, 0.15) is 31.1 Å². The van der Waals surface area contributed by atoms with E-state index >= 15 is 0 Å². The molecule has 0 bridgehead atoms. The predicted molar refractivity (Wildman–Crippen MR) is 107 cm³/mol. The lowest BCUT2D eigenvalue weighted by molar-refractivity contribution is -0.00991. The van der Waals surface area contributed by atoms with E-state index in [-0.39, 0.29) is 11.3 Å². The van der Waals surface area contributed by atoms with Gasteiger partial charge in [0.15, 0.2) is 16.7 Å². The number of amides is 1. The number of rotatable bonds is 5. The van der Waals surface area contributed by atoms with Gasteiger partial charge < -0.3 is 14.0 Å². The van der Waals surface area contributed by atoms with Crippen LogP contribution in [0.5, 0.6) is 0 Å². The van der Waals surface area contributed by atoms with Crippen molar-refractivity contribution < 1.29 is 40.8 Å². The molecule has 1 amide bonds. The van der Waals surface area contributed by atoms with Crippen LogP contribution in [-0.4, -0.2) is 42.5 Å². The fraction of sp³-hybridized carbons (Fsp3) is 0.429. The van der Waals surface area contributed by atoms with Crippen LogP contribution >= 0.6 is 45.2 Å². The van der Waals surface area contributed by atoms with Crippen LogP contribution in [0.2, 0.25) is 0 Å². The van der Waals surface area contributed by atoms with E-state index in [9.17, 15) is 31.3 Å². The van der Waals surface area contributed by atoms with E-state index in [0.717, 1.165) is 0 Å². The number of hydrogen-bond donors (Lipinski definition) is 1. The number of anilines is 1. The Morgan fingerprint density at radius 1 is 1.22 bits per heavy atom. The van der Waals surface area contributed by atoms with Gasteiger partial charge in [0.25, 0.3) is 0 Å². The summed E-state index contributed by atoms with van der Waals surface area (Å²) in [4.78, 5) is 24.1. The van der Waals surface area contributed by atoms with Gasteiger partial charge >= 0.3 is 17.3 Å². The Balaban J connectivity index is 3.12. The van der Waals surface area contributed by atoms with Crippen LogP contribution in [0.3, 0.4) is 0 Å². The van der Waals surface area contributed by atoms with Crippen molar-refractivity contribution in [1.82, 2.24) is 0 Å². The second-order valence-electron chi connectivity index (χ2n) is 6.10. The number of halogens is 4. The van der Waals surface area contributed by atoms with Gasteiger partial charge in [0.2, 0.25) is 0 Å². The maximum absolute atomic E-state index is 13.2. The maximum Gasteiger partial charge on any atom is 0.412 e. The number of hydrogen-bond acceptors (Lipinski definition) is 7. The molecule has 8 nitrogen and oxygen atoms in total. The van der Waals surface area contributed by atoms with Crippen LogP contribution in [0.15, 0.2) is 12.1 Å². The summed E-state index contributed by atoms with van der Waals surface area (Å²) in [5, 5.41) is -2.45. The molecule has 1 rings (SSSR count). The Kier molecular flexibility index (Phi) is 7.80.